The highest BCUT2D eigenvalue weighted by Gasteiger charge is 2.57. The second-order valence-electron chi connectivity index (χ2n) is 4.26. The van der Waals surface area contributed by atoms with E-state index in [9.17, 15) is 14.4 Å². The Hall–Kier alpha value is -2.21. The van der Waals surface area contributed by atoms with E-state index in [1.54, 1.807) is 30.3 Å². The lowest BCUT2D eigenvalue weighted by Gasteiger charge is -2.40. The maximum Gasteiger partial charge on any atom is 0.333 e. The van der Waals surface area contributed by atoms with Crippen LogP contribution in [0, 0.1) is 0 Å². The highest BCUT2D eigenvalue weighted by atomic mass is 16.5. The van der Waals surface area contributed by atoms with Crippen LogP contribution in [0.2, 0.25) is 0 Å². The third-order valence-electron chi connectivity index (χ3n) is 3.27. The lowest BCUT2D eigenvalue weighted by Crippen LogP contribution is -2.65. The van der Waals surface area contributed by atoms with Gasteiger partial charge < -0.3 is 4.74 Å². The molecule has 4 amide bonds. The first-order chi connectivity index (χ1) is 8.96. The number of barbiturate groups is 1. The Kier molecular flexibility index (Phi) is 3.11. The summed E-state index contributed by atoms with van der Waals surface area (Å²) in [5, 5.41) is 0. The summed E-state index contributed by atoms with van der Waals surface area (Å²) in [5.41, 5.74) is -1.39. The molecule has 1 aliphatic heterocycles. The number of nitrogens with zero attached hydrogens (tertiary/aromatic N) is 2. The lowest BCUT2D eigenvalue weighted by molar-refractivity contribution is -0.173. The van der Waals surface area contributed by atoms with Crippen LogP contribution in [0.1, 0.15) is 5.56 Å². The monoisotopic (exact) mass is 262 g/mol. The van der Waals surface area contributed by atoms with Crippen molar-refractivity contribution in [3.05, 3.63) is 35.9 Å². The number of carbonyl (C=O) groups is 3. The molecule has 0 N–H and O–H groups in total. The van der Waals surface area contributed by atoms with E-state index >= 15 is 0 Å². The van der Waals surface area contributed by atoms with Crippen molar-refractivity contribution in [2.45, 2.75) is 5.60 Å². The Morgan fingerprint density at radius 1 is 0.947 bits per heavy atom. The van der Waals surface area contributed by atoms with Gasteiger partial charge in [0, 0.05) is 26.8 Å². The third-order valence-corrected chi connectivity index (χ3v) is 3.27. The van der Waals surface area contributed by atoms with Crippen LogP contribution < -0.4 is 0 Å². The molecule has 0 aromatic heterocycles. The maximum atomic E-state index is 12.4. The first kappa shape index (κ1) is 13.2. The summed E-state index contributed by atoms with van der Waals surface area (Å²) in [5.74, 6) is -1.37. The number of benzene rings is 1. The van der Waals surface area contributed by atoms with Crippen LogP contribution in [-0.2, 0) is 19.9 Å². The number of hydrogen-bond acceptors (Lipinski definition) is 4. The van der Waals surface area contributed by atoms with Crippen LogP contribution in [0.3, 0.4) is 0 Å². The molecule has 0 atom stereocenters. The summed E-state index contributed by atoms with van der Waals surface area (Å²) >= 11 is 0. The van der Waals surface area contributed by atoms with Crippen molar-refractivity contribution in [2.24, 2.45) is 0 Å². The summed E-state index contributed by atoms with van der Waals surface area (Å²) in [7, 11) is 3.93. The number of amides is 4. The Morgan fingerprint density at radius 2 is 1.42 bits per heavy atom. The van der Waals surface area contributed by atoms with Gasteiger partial charge in [0.15, 0.2) is 0 Å². The molecule has 0 radical (unpaired) electrons. The van der Waals surface area contributed by atoms with E-state index in [-0.39, 0.29) is 0 Å². The molecule has 0 aliphatic carbocycles. The molecule has 1 fully saturated rings. The Morgan fingerprint density at radius 3 is 1.84 bits per heavy atom. The quantitative estimate of drug-likeness (QED) is 0.731. The molecule has 1 aromatic rings. The summed E-state index contributed by atoms with van der Waals surface area (Å²) in [4.78, 5) is 38.3. The topological polar surface area (TPSA) is 66.9 Å². The van der Waals surface area contributed by atoms with E-state index in [1.165, 1.54) is 21.2 Å². The molecule has 0 saturated carbocycles. The summed E-state index contributed by atoms with van der Waals surface area (Å²) in [6.07, 6.45) is 0. The summed E-state index contributed by atoms with van der Waals surface area (Å²) < 4.78 is 5.24. The molecule has 1 heterocycles. The first-order valence-electron chi connectivity index (χ1n) is 5.67. The van der Waals surface area contributed by atoms with Gasteiger partial charge in [-0.15, -0.1) is 0 Å². The van der Waals surface area contributed by atoms with Gasteiger partial charge in [0.05, 0.1) is 0 Å². The molecule has 1 aromatic carbocycles. The van der Waals surface area contributed by atoms with Crippen LogP contribution in [-0.4, -0.2) is 48.9 Å². The minimum atomic E-state index is -1.79. The maximum absolute atomic E-state index is 12.4. The van der Waals surface area contributed by atoms with E-state index < -0.39 is 23.4 Å². The molecule has 0 spiro atoms. The summed E-state index contributed by atoms with van der Waals surface area (Å²) in [6, 6.07) is 7.75. The van der Waals surface area contributed by atoms with Crippen LogP contribution in [0.4, 0.5) is 4.79 Å². The number of likely N-dealkylation sites (N-methyl/N-ethyl adjacent to an activating group) is 2. The minimum absolute atomic E-state index is 0.402. The van der Waals surface area contributed by atoms with Crippen molar-refractivity contribution >= 4 is 17.8 Å². The van der Waals surface area contributed by atoms with Crippen LogP contribution in [0.25, 0.3) is 0 Å². The molecule has 1 saturated heterocycles. The van der Waals surface area contributed by atoms with Crippen molar-refractivity contribution in [3.8, 4) is 0 Å². The van der Waals surface area contributed by atoms with Crippen molar-refractivity contribution in [1.29, 1.82) is 0 Å². The average Bonchev–Trinajstić information content (AvgIpc) is 2.45. The zero-order valence-corrected chi connectivity index (χ0v) is 10.9. The van der Waals surface area contributed by atoms with E-state index in [0.717, 1.165) is 9.80 Å². The zero-order valence-electron chi connectivity index (χ0n) is 10.9. The van der Waals surface area contributed by atoms with E-state index in [2.05, 4.69) is 0 Å². The van der Waals surface area contributed by atoms with Gasteiger partial charge in [-0.3, -0.25) is 19.4 Å². The molecule has 6 nitrogen and oxygen atoms in total. The molecule has 19 heavy (non-hydrogen) atoms. The Bertz CT molecular complexity index is 517. The smallest absolute Gasteiger partial charge is 0.333 e. The van der Waals surface area contributed by atoms with Crippen molar-refractivity contribution in [2.75, 3.05) is 21.2 Å². The van der Waals surface area contributed by atoms with Gasteiger partial charge in [0.1, 0.15) is 0 Å². The Labute approximate surface area is 110 Å². The van der Waals surface area contributed by atoms with Gasteiger partial charge in [-0.05, 0) is 0 Å². The lowest BCUT2D eigenvalue weighted by atomic mass is 9.89. The molecule has 1 aliphatic rings. The van der Waals surface area contributed by atoms with E-state index in [1.807, 2.05) is 0 Å². The van der Waals surface area contributed by atoms with E-state index in [4.69, 9.17) is 4.74 Å². The number of urea groups is 1. The number of rotatable bonds is 2. The first-order valence-corrected chi connectivity index (χ1v) is 5.67. The number of carbonyl (C=O) groups excluding carboxylic acids is 3. The van der Waals surface area contributed by atoms with Gasteiger partial charge >= 0.3 is 6.03 Å². The molecule has 100 valence electrons. The number of ether oxygens (including phenoxy) is 1. The fourth-order valence-corrected chi connectivity index (χ4v) is 2.17. The predicted molar refractivity (Wildman–Crippen MR) is 66.1 cm³/mol. The Balaban J connectivity index is 2.64. The van der Waals surface area contributed by atoms with Crippen LogP contribution in [0.5, 0.6) is 0 Å². The zero-order chi connectivity index (χ0) is 14.2. The fraction of sp³-hybridized carbons (Fsp3) is 0.308. The van der Waals surface area contributed by atoms with Crippen LogP contribution in [0.15, 0.2) is 30.3 Å². The van der Waals surface area contributed by atoms with Crippen molar-refractivity contribution < 1.29 is 19.1 Å². The van der Waals surface area contributed by atoms with Crippen molar-refractivity contribution in [1.82, 2.24) is 9.80 Å². The average molecular weight is 262 g/mol. The molecule has 0 bridgehead atoms. The standard InChI is InChI=1S/C13H14N2O4/c1-14-10(16)13(19-3,9-7-5-4-6-8-9)11(17)15(2)12(14)18/h4-8H,1-3H3. The molecule has 0 unspecified atom stereocenters. The van der Waals surface area contributed by atoms with Gasteiger partial charge in [-0.1, -0.05) is 30.3 Å². The second kappa shape index (κ2) is 4.47. The largest absolute Gasteiger partial charge is 0.355 e. The van der Waals surface area contributed by atoms with Crippen molar-refractivity contribution in [3.63, 3.8) is 0 Å². The number of hydrogen-bond donors (Lipinski definition) is 0. The molecular weight excluding hydrogens is 248 g/mol. The normalized spacial score (nSPS) is 19.0. The summed E-state index contributed by atoms with van der Waals surface area (Å²) in [6.45, 7) is 0. The number of methoxy groups -OCH3 is 1. The minimum Gasteiger partial charge on any atom is -0.355 e. The fourth-order valence-electron chi connectivity index (χ4n) is 2.17. The SMILES string of the molecule is COC1(c2ccccc2)C(=O)N(C)C(=O)N(C)C1=O. The third kappa shape index (κ3) is 1.64. The molecule has 6 heteroatoms. The highest BCUT2D eigenvalue weighted by Crippen LogP contribution is 2.33. The van der Waals surface area contributed by atoms with Gasteiger partial charge in [0.25, 0.3) is 17.4 Å². The van der Waals surface area contributed by atoms with Gasteiger partial charge in [-0.25, -0.2) is 4.79 Å². The highest BCUT2D eigenvalue weighted by molar-refractivity contribution is 6.21. The molecule has 2 rings (SSSR count). The van der Waals surface area contributed by atoms with Gasteiger partial charge in [0.2, 0.25) is 0 Å². The number of imide groups is 2. The van der Waals surface area contributed by atoms with E-state index in [0.29, 0.717) is 5.56 Å². The molecular formula is C13H14N2O4. The van der Waals surface area contributed by atoms with Gasteiger partial charge in [-0.2, -0.15) is 0 Å². The van der Waals surface area contributed by atoms with Crippen LogP contribution >= 0.6 is 0 Å². The second-order valence-corrected chi connectivity index (χ2v) is 4.26. The predicted octanol–water partition coefficient (Wildman–Crippen LogP) is 0.579.